The van der Waals surface area contributed by atoms with Gasteiger partial charge in [-0.1, -0.05) is 18.1 Å². The number of aromatic nitrogens is 5. The summed E-state index contributed by atoms with van der Waals surface area (Å²) >= 11 is 0. The Kier molecular flexibility index (Phi) is 4.21. The minimum Gasteiger partial charge on any atom is -0.350 e. The molecule has 1 amide bonds. The maximum Gasteiger partial charge on any atom is 0.272 e. The second-order valence-corrected chi connectivity index (χ2v) is 6.62. The van der Waals surface area contributed by atoms with Crippen LogP contribution >= 0.6 is 0 Å². The Balaban J connectivity index is 1.42. The average molecular weight is 338 g/mol. The van der Waals surface area contributed by atoms with Gasteiger partial charge in [0.2, 0.25) is 0 Å². The van der Waals surface area contributed by atoms with Crippen molar-refractivity contribution < 1.29 is 4.79 Å². The Hall–Kier alpha value is -2.70. The number of nitrogens with zero attached hydrogens (tertiary/aromatic N) is 4. The molecule has 3 heterocycles. The molecule has 2 N–H and O–H groups in total. The van der Waals surface area contributed by atoms with Gasteiger partial charge in [0.1, 0.15) is 11.6 Å². The van der Waals surface area contributed by atoms with E-state index in [0.717, 1.165) is 41.1 Å². The van der Waals surface area contributed by atoms with Crippen molar-refractivity contribution >= 4 is 16.8 Å². The highest BCUT2D eigenvalue weighted by Crippen LogP contribution is 2.17. The summed E-state index contributed by atoms with van der Waals surface area (Å²) in [4.78, 5) is 12.5. The fourth-order valence-electron chi connectivity index (χ4n) is 3.40. The fourth-order valence-corrected chi connectivity index (χ4v) is 3.40. The van der Waals surface area contributed by atoms with Crippen LogP contribution in [0.5, 0.6) is 0 Å². The third kappa shape index (κ3) is 3.14. The largest absolute Gasteiger partial charge is 0.350 e. The van der Waals surface area contributed by atoms with Crippen molar-refractivity contribution in [1.82, 2.24) is 30.3 Å². The normalized spacial score (nSPS) is 14.3. The molecule has 0 saturated heterocycles. The number of aryl methyl sites for hydroxylation is 2. The predicted molar refractivity (Wildman–Crippen MR) is 94.4 cm³/mol. The highest BCUT2D eigenvalue weighted by atomic mass is 16.1. The molecule has 1 aromatic carbocycles. The highest BCUT2D eigenvalue weighted by molar-refractivity contribution is 6.04. The van der Waals surface area contributed by atoms with Crippen LogP contribution in [-0.2, 0) is 19.4 Å². The van der Waals surface area contributed by atoms with Crippen LogP contribution in [0.3, 0.4) is 0 Å². The van der Waals surface area contributed by atoms with E-state index in [4.69, 9.17) is 0 Å². The van der Waals surface area contributed by atoms with Crippen molar-refractivity contribution in [3.05, 3.63) is 41.1 Å². The molecule has 3 aromatic rings. The van der Waals surface area contributed by atoms with Gasteiger partial charge in [-0.15, -0.1) is 10.2 Å². The number of hydrogen-bond donors (Lipinski definition) is 2. The number of H-pyrrole nitrogens is 1. The van der Waals surface area contributed by atoms with E-state index in [1.165, 1.54) is 19.3 Å². The molecular formula is C18H22N6O. The summed E-state index contributed by atoms with van der Waals surface area (Å²) in [5.41, 5.74) is 2.42. The summed E-state index contributed by atoms with van der Waals surface area (Å²) < 4.78 is 2.21. The van der Waals surface area contributed by atoms with Gasteiger partial charge in [0.05, 0.1) is 5.52 Å². The fraction of sp³-hybridized carbons (Fsp3) is 0.444. The molecule has 0 bridgehead atoms. The van der Waals surface area contributed by atoms with Gasteiger partial charge in [0, 0.05) is 31.3 Å². The van der Waals surface area contributed by atoms with Crippen molar-refractivity contribution in [3.8, 4) is 0 Å². The van der Waals surface area contributed by atoms with Crippen LogP contribution in [0.25, 0.3) is 10.9 Å². The number of nitrogens with one attached hydrogen (secondary N) is 2. The molecule has 0 spiro atoms. The van der Waals surface area contributed by atoms with Crippen molar-refractivity contribution in [2.75, 3.05) is 6.54 Å². The van der Waals surface area contributed by atoms with Gasteiger partial charge in [-0.25, -0.2) is 0 Å². The quantitative estimate of drug-likeness (QED) is 0.763. The number of rotatable bonds is 4. The number of amides is 1. The third-order valence-electron chi connectivity index (χ3n) is 4.75. The van der Waals surface area contributed by atoms with E-state index in [1.54, 1.807) is 0 Å². The lowest BCUT2D eigenvalue weighted by Gasteiger charge is -2.07. The Labute approximate surface area is 145 Å². The molecule has 25 heavy (non-hydrogen) atoms. The summed E-state index contributed by atoms with van der Waals surface area (Å²) in [6.07, 6.45) is 5.27. The topological polar surface area (TPSA) is 88.5 Å². The van der Waals surface area contributed by atoms with Crippen LogP contribution in [0.15, 0.2) is 18.2 Å². The van der Waals surface area contributed by atoms with Gasteiger partial charge in [-0.3, -0.25) is 9.89 Å². The van der Waals surface area contributed by atoms with E-state index in [-0.39, 0.29) is 5.91 Å². The first kappa shape index (κ1) is 15.8. The van der Waals surface area contributed by atoms with E-state index in [9.17, 15) is 4.79 Å². The maximum atomic E-state index is 12.5. The second kappa shape index (κ2) is 6.66. The molecule has 0 aliphatic carbocycles. The zero-order valence-electron chi connectivity index (χ0n) is 14.4. The summed E-state index contributed by atoms with van der Waals surface area (Å²) in [6, 6.07) is 5.92. The summed E-state index contributed by atoms with van der Waals surface area (Å²) in [7, 11) is 0. The first-order valence-electron chi connectivity index (χ1n) is 8.86. The smallest absolute Gasteiger partial charge is 0.272 e. The third-order valence-corrected chi connectivity index (χ3v) is 4.75. The van der Waals surface area contributed by atoms with Crippen molar-refractivity contribution in [3.63, 3.8) is 0 Å². The molecule has 1 aliphatic heterocycles. The minimum atomic E-state index is -0.160. The first-order valence-corrected chi connectivity index (χ1v) is 8.86. The van der Waals surface area contributed by atoms with E-state index in [1.807, 2.05) is 25.1 Å². The maximum absolute atomic E-state index is 12.5. The average Bonchev–Trinajstić information content (AvgIpc) is 3.11. The van der Waals surface area contributed by atoms with Gasteiger partial charge in [0.15, 0.2) is 5.69 Å². The van der Waals surface area contributed by atoms with E-state index >= 15 is 0 Å². The minimum absolute atomic E-state index is 0.160. The van der Waals surface area contributed by atoms with Crippen LogP contribution in [0.4, 0.5) is 0 Å². The van der Waals surface area contributed by atoms with E-state index in [2.05, 4.69) is 30.3 Å². The molecule has 7 heteroatoms. The Morgan fingerprint density at radius 2 is 2.20 bits per heavy atom. The molecule has 0 fully saturated rings. The number of aromatic amines is 1. The van der Waals surface area contributed by atoms with Crippen molar-refractivity contribution in [2.45, 2.75) is 45.6 Å². The van der Waals surface area contributed by atoms with Gasteiger partial charge >= 0.3 is 0 Å². The molecule has 7 nitrogen and oxygen atoms in total. The molecule has 0 radical (unpaired) electrons. The van der Waals surface area contributed by atoms with Gasteiger partial charge in [0.25, 0.3) is 5.91 Å². The molecular weight excluding hydrogens is 316 g/mol. The number of benzene rings is 1. The zero-order valence-corrected chi connectivity index (χ0v) is 14.4. The Morgan fingerprint density at radius 3 is 3.12 bits per heavy atom. The molecule has 0 saturated carbocycles. The van der Waals surface area contributed by atoms with Crippen molar-refractivity contribution in [1.29, 1.82) is 0 Å². The van der Waals surface area contributed by atoms with Crippen LogP contribution in [0.1, 0.15) is 47.0 Å². The van der Waals surface area contributed by atoms with E-state index < -0.39 is 0 Å². The molecule has 2 aromatic heterocycles. The summed E-state index contributed by atoms with van der Waals surface area (Å²) in [5, 5.41) is 19.5. The number of carbonyl (C=O) groups excluding carboxylic acids is 1. The van der Waals surface area contributed by atoms with E-state index in [0.29, 0.717) is 18.7 Å². The Bertz CT molecular complexity index is 910. The molecule has 4 rings (SSSR count). The summed E-state index contributed by atoms with van der Waals surface area (Å²) in [5.74, 6) is 1.87. The second-order valence-electron chi connectivity index (χ2n) is 6.62. The van der Waals surface area contributed by atoms with Crippen molar-refractivity contribution in [2.24, 2.45) is 0 Å². The SMILES string of the molecule is Cc1ccc2[nH]nc(C(=O)NCCc3nnc4n3CCCCC4)c2c1. The molecule has 1 aliphatic rings. The van der Waals surface area contributed by atoms with Gasteiger partial charge in [-0.2, -0.15) is 5.10 Å². The highest BCUT2D eigenvalue weighted by Gasteiger charge is 2.16. The van der Waals surface area contributed by atoms with Gasteiger partial charge in [-0.05, 0) is 31.9 Å². The lowest BCUT2D eigenvalue weighted by Crippen LogP contribution is -2.27. The number of carbonyl (C=O) groups is 1. The van der Waals surface area contributed by atoms with Crippen LogP contribution in [-0.4, -0.2) is 37.4 Å². The first-order chi connectivity index (χ1) is 12.2. The standard InChI is InChI=1S/C18H22N6O/c1-12-6-7-14-13(11-12)17(23-20-14)18(25)19-9-8-16-22-21-15-5-3-2-4-10-24(15)16/h6-7,11H,2-5,8-10H2,1H3,(H,19,25)(H,20,23). The molecule has 0 unspecified atom stereocenters. The predicted octanol–water partition coefficient (Wildman–Crippen LogP) is 2.16. The molecule has 130 valence electrons. The van der Waals surface area contributed by atoms with Crippen LogP contribution in [0, 0.1) is 6.92 Å². The number of hydrogen-bond acceptors (Lipinski definition) is 4. The lowest BCUT2D eigenvalue weighted by atomic mass is 10.1. The van der Waals surface area contributed by atoms with Gasteiger partial charge < -0.3 is 9.88 Å². The lowest BCUT2D eigenvalue weighted by molar-refractivity contribution is 0.0950. The summed E-state index contributed by atoms with van der Waals surface area (Å²) in [6.45, 7) is 3.51. The monoisotopic (exact) mass is 338 g/mol. The van der Waals surface area contributed by atoms with Crippen LogP contribution in [0.2, 0.25) is 0 Å². The Morgan fingerprint density at radius 1 is 1.28 bits per heavy atom. The zero-order chi connectivity index (χ0) is 17.2. The number of fused-ring (bicyclic) bond motifs is 2. The molecule has 0 atom stereocenters. The van der Waals surface area contributed by atoms with Crippen LogP contribution < -0.4 is 5.32 Å².